The van der Waals surface area contributed by atoms with Crippen molar-refractivity contribution in [2.75, 3.05) is 11.9 Å². The molecular formula is C18H24N2O. The molecule has 1 aromatic carbocycles. The lowest BCUT2D eigenvalue weighted by atomic mass is 10.1. The number of aliphatic hydroxyl groups excluding tert-OH is 1. The molecule has 0 amide bonds. The largest absolute Gasteiger partial charge is 0.392 e. The van der Waals surface area contributed by atoms with Crippen molar-refractivity contribution < 1.29 is 5.11 Å². The summed E-state index contributed by atoms with van der Waals surface area (Å²) < 4.78 is 0. The fraction of sp³-hybridized carbons (Fsp3) is 0.389. The molecule has 0 saturated carbocycles. The molecule has 0 bridgehead atoms. The lowest BCUT2D eigenvalue weighted by Gasteiger charge is -2.22. The first kappa shape index (κ1) is 15.5. The Morgan fingerprint density at radius 3 is 2.43 bits per heavy atom. The first-order valence-electron chi connectivity index (χ1n) is 7.35. The number of nitrogens with zero attached hydrogens (tertiary/aromatic N) is 2. The summed E-state index contributed by atoms with van der Waals surface area (Å²) in [6.45, 7) is 8.47. The van der Waals surface area contributed by atoms with E-state index in [0.717, 1.165) is 22.8 Å². The molecule has 21 heavy (non-hydrogen) atoms. The standard InChI is InChI=1S/C18H24N2O/c1-12(2)16-9-15(11-21)10-18(19-16)20(5)17-7-6-13(3)8-14(17)4/h6-10,12,21H,11H2,1-5H3. The molecule has 0 aliphatic rings. The number of aliphatic hydroxyl groups is 1. The van der Waals surface area contributed by atoms with Crippen LogP contribution in [-0.4, -0.2) is 17.1 Å². The van der Waals surface area contributed by atoms with E-state index in [1.54, 1.807) is 0 Å². The monoisotopic (exact) mass is 284 g/mol. The van der Waals surface area contributed by atoms with Crippen LogP contribution in [0, 0.1) is 13.8 Å². The minimum absolute atomic E-state index is 0.0377. The molecule has 0 saturated heterocycles. The quantitative estimate of drug-likeness (QED) is 0.919. The van der Waals surface area contributed by atoms with E-state index in [1.165, 1.54) is 11.1 Å². The Morgan fingerprint density at radius 2 is 1.86 bits per heavy atom. The summed E-state index contributed by atoms with van der Waals surface area (Å²) >= 11 is 0. The number of aromatic nitrogens is 1. The maximum atomic E-state index is 9.47. The lowest BCUT2D eigenvalue weighted by molar-refractivity contribution is 0.281. The zero-order valence-corrected chi connectivity index (χ0v) is 13.5. The number of rotatable bonds is 4. The van der Waals surface area contributed by atoms with E-state index in [2.05, 4.69) is 50.8 Å². The molecule has 0 fully saturated rings. The molecule has 0 atom stereocenters. The normalized spacial score (nSPS) is 11.0. The van der Waals surface area contributed by atoms with Gasteiger partial charge >= 0.3 is 0 Å². The highest BCUT2D eigenvalue weighted by atomic mass is 16.3. The minimum Gasteiger partial charge on any atom is -0.392 e. The van der Waals surface area contributed by atoms with E-state index in [4.69, 9.17) is 4.98 Å². The van der Waals surface area contributed by atoms with Gasteiger partial charge in [-0.15, -0.1) is 0 Å². The zero-order valence-electron chi connectivity index (χ0n) is 13.5. The van der Waals surface area contributed by atoms with Gasteiger partial charge in [-0.1, -0.05) is 31.5 Å². The highest BCUT2D eigenvalue weighted by molar-refractivity contribution is 5.64. The van der Waals surface area contributed by atoms with Gasteiger partial charge in [0.05, 0.1) is 6.61 Å². The summed E-state index contributed by atoms with van der Waals surface area (Å²) in [5.74, 6) is 1.21. The van der Waals surface area contributed by atoms with Crippen molar-refractivity contribution >= 4 is 11.5 Å². The Balaban J connectivity index is 2.46. The van der Waals surface area contributed by atoms with Gasteiger partial charge < -0.3 is 10.0 Å². The van der Waals surface area contributed by atoms with Crippen molar-refractivity contribution in [3.63, 3.8) is 0 Å². The topological polar surface area (TPSA) is 36.4 Å². The molecule has 0 aliphatic carbocycles. The summed E-state index contributed by atoms with van der Waals surface area (Å²) in [4.78, 5) is 6.82. The third-order valence-corrected chi connectivity index (χ3v) is 3.72. The molecule has 3 heteroatoms. The minimum atomic E-state index is 0.0377. The van der Waals surface area contributed by atoms with Crippen LogP contribution in [0.15, 0.2) is 30.3 Å². The van der Waals surface area contributed by atoms with Gasteiger partial charge in [0.1, 0.15) is 5.82 Å². The first-order valence-corrected chi connectivity index (χ1v) is 7.35. The third kappa shape index (κ3) is 3.42. The van der Waals surface area contributed by atoms with Gasteiger partial charge in [0.15, 0.2) is 0 Å². The van der Waals surface area contributed by atoms with Crippen LogP contribution in [-0.2, 0) is 6.61 Å². The second-order valence-corrected chi connectivity index (χ2v) is 5.92. The van der Waals surface area contributed by atoms with Gasteiger partial charge in [-0.25, -0.2) is 4.98 Å². The van der Waals surface area contributed by atoms with Crippen molar-refractivity contribution in [2.24, 2.45) is 0 Å². The fourth-order valence-electron chi connectivity index (χ4n) is 2.46. The summed E-state index contributed by atoms with van der Waals surface area (Å²) in [5.41, 5.74) is 5.52. The van der Waals surface area contributed by atoms with Gasteiger partial charge in [-0.05, 0) is 49.1 Å². The average Bonchev–Trinajstić information content (AvgIpc) is 2.46. The summed E-state index contributed by atoms with van der Waals surface area (Å²) in [6.07, 6.45) is 0. The van der Waals surface area contributed by atoms with Crippen molar-refractivity contribution in [3.8, 4) is 0 Å². The summed E-state index contributed by atoms with van der Waals surface area (Å²) in [6, 6.07) is 10.3. The maximum absolute atomic E-state index is 9.47. The Morgan fingerprint density at radius 1 is 1.14 bits per heavy atom. The number of anilines is 2. The number of hydrogen-bond acceptors (Lipinski definition) is 3. The molecule has 112 valence electrons. The fourth-order valence-corrected chi connectivity index (χ4v) is 2.46. The van der Waals surface area contributed by atoms with Crippen molar-refractivity contribution in [1.29, 1.82) is 0 Å². The van der Waals surface area contributed by atoms with Gasteiger partial charge in [-0.3, -0.25) is 0 Å². The van der Waals surface area contributed by atoms with Crippen LogP contribution in [0.4, 0.5) is 11.5 Å². The molecule has 0 aliphatic heterocycles. The van der Waals surface area contributed by atoms with E-state index in [0.29, 0.717) is 5.92 Å². The maximum Gasteiger partial charge on any atom is 0.133 e. The summed E-state index contributed by atoms with van der Waals surface area (Å²) in [5, 5.41) is 9.47. The SMILES string of the molecule is Cc1ccc(N(C)c2cc(CO)cc(C(C)C)n2)c(C)c1. The average molecular weight is 284 g/mol. The molecule has 0 radical (unpaired) electrons. The van der Waals surface area contributed by atoms with Crippen LogP contribution in [0.1, 0.15) is 42.1 Å². The van der Waals surface area contributed by atoms with E-state index < -0.39 is 0 Å². The molecule has 2 rings (SSSR count). The predicted octanol–water partition coefficient (Wildman–Crippen LogP) is 4.08. The Hall–Kier alpha value is -1.87. The molecule has 2 aromatic rings. The van der Waals surface area contributed by atoms with Gasteiger partial charge in [0.25, 0.3) is 0 Å². The van der Waals surface area contributed by atoms with Crippen LogP contribution in [0.2, 0.25) is 0 Å². The zero-order chi connectivity index (χ0) is 15.6. The van der Waals surface area contributed by atoms with Crippen molar-refractivity contribution in [1.82, 2.24) is 4.98 Å². The van der Waals surface area contributed by atoms with Crippen LogP contribution < -0.4 is 4.90 Å². The van der Waals surface area contributed by atoms with Crippen LogP contribution in [0.25, 0.3) is 0 Å². The van der Waals surface area contributed by atoms with E-state index in [9.17, 15) is 5.11 Å². The number of benzene rings is 1. The molecule has 1 N–H and O–H groups in total. The third-order valence-electron chi connectivity index (χ3n) is 3.72. The van der Waals surface area contributed by atoms with Gasteiger partial charge in [0.2, 0.25) is 0 Å². The van der Waals surface area contributed by atoms with Crippen LogP contribution in [0.5, 0.6) is 0 Å². The van der Waals surface area contributed by atoms with Gasteiger partial charge in [0, 0.05) is 18.4 Å². The van der Waals surface area contributed by atoms with Gasteiger partial charge in [-0.2, -0.15) is 0 Å². The molecule has 1 heterocycles. The Bertz CT molecular complexity index is 635. The molecular weight excluding hydrogens is 260 g/mol. The molecule has 0 spiro atoms. The highest BCUT2D eigenvalue weighted by Gasteiger charge is 2.12. The van der Waals surface area contributed by atoms with Crippen molar-refractivity contribution in [2.45, 2.75) is 40.2 Å². The number of pyridine rings is 1. The lowest BCUT2D eigenvalue weighted by Crippen LogP contribution is -2.14. The molecule has 3 nitrogen and oxygen atoms in total. The van der Waals surface area contributed by atoms with E-state index in [1.807, 2.05) is 19.2 Å². The predicted molar refractivity (Wildman–Crippen MR) is 88.2 cm³/mol. The smallest absolute Gasteiger partial charge is 0.133 e. The molecule has 1 aromatic heterocycles. The van der Waals surface area contributed by atoms with Crippen LogP contribution in [0.3, 0.4) is 0 Å². The second kappa shape index (κ2) is 6.27. The Labute approximate surface area is 127 Å². The second-order valence-electron chi connectivity index (χ2n) is 5.92. The van der Waals surface area contributed by atoms with Crippen molar-refractivity contribution in [3.05, 3.63) is 52.7 Å². The number of aryl methyl sites for hydroxylation is 2. The highest BCUT2D eigenvalue weighted by Crippen LogP contribution is 2.28. The van der Waals surface area contributed by atoms with E-state index >= 15 is 0 Å². The Kier molecular flexibility index (Phi) is 4.63. The first-order chi connectivity index (χ1) is 9.92. The van der Waals surface area contributed by atoms with Crippen LogP contribution >= 0.6 is 0 Å². The molecule has 0 unspecified atom stereocenters. The van der Waals surface area contributed by atoms with E-state index in [-0.39, 0.29) is 6.61 Å². The summed E-state index contributed by atoms with van der Waals surface area (Å²) in [7, 11) is 2.02. The number of hydrogen-bond donors (Lipinski definition) is 1.